The Bertz CT molecular complexity index is 2520. The summed E-state index contributed by atoms with van der Waals surface area (Å²) in [5.74, 6) is 0. The number of rotatable bonds is 5. The van der Waals surface area contributed by atoms with Gasteiger partial charge in [0.05, 0.1) is 16.7 Å². The summed E-state index contributed by atoms with van der Waals surface area (Å²) >= 11 is 0. The molecule has 220 valence electrons. The Morgan fingerprint density at radius 2 is 0.830 bits per heavy atom. The highest BCUT2D eigenvalue weighted by atomic mass is 15.0. The van der Waals surface area contributed by atoms with Crippen LogP contribution >= 0.6 is 0 Å². The zero-order chi connectivity index (χ0) is 31.2. The summed E-state index contributed by atoms with van der Waals surface area (Å²) in [6.07, 6.45) is 1.90. The summed E-state index contributed by atoms with van der Waals surface area (Å²) in [6, 6.07) is 63.3. The van der Waals surface area contributed by atoms with Gasteiger partial charge in [0.25, 0.3) is 0 Å². The molecule has 0 saturated carbocycles. The van der Waals surface area contributed by atoms with Crippen molar-refractivity contribution in [1.29, 1.82) is 0 Å². The largest absolute Gasteiger partial charge is 0.309 e. The number of hydrogen-bond donors (Lipinski definition) is 0. The quantitative estimate of drug-likeness (QED) is 0.193. The highest BCUT2D eigenvalue weighted by molar-refractivity contribution is 6.09. The normalized spacial score (nSPS) is 11.4. The van der Waals surface area contributed by atoms with Gasteiger partial charge in [-0.05, 0) is 87.3 Å². The van der Waals surface area contributed by atoms with Crippen LogP contribution in [0.5, 0.6) is 0 Å². The van der Waals surface area contributed by atoms with Crippen LogP contribution in [0.15, 0.2) is 182 Å². The molecular formula is C45H30N2. The second kappa shape index (κ2) is 11.3. The van der Waals surface area contributed by atoms with Crippen LogP contribution in [0.1, 0.15) is 0 Å². The van der Waals surface area contributed by atoms with E-state index in [4.69, 9.17) is 4.98 Å². The van der Waals surface area contributed by atoms with Crippen molar-refractivity contribution in [2.75, 3.05) is 0 Å². The zero-order valence-corrected chi connectivity index (χ0v) is 25.7. The van der Waals surface area contributed by atoms with Crippen LogP contribution in [0.4, 0.5) is 0 Å². The van der Waals surface area contributed by atoms with Crippen molar-refractivity contribution in [1.82, 2.24) is 9.55 Å². The Kier molecular flexibility index (Phi) is 6.50. The van der Waals surface area contributed by atoms with E-state index < -0.39 is 0 Å². The lowest BCUT2D eigenvalue weighted by atomic mass is 9.94. The van der Waals surface area contributed by atoms with Crippen molar-refractivity contribution in [3.05, 3.63) is 182 Å². The van der Waals surface area contributed by atoms with E-state index in [2.05, 4.69) is 180 Å². The molecule has 0 unspecified atom stereocenters. The molecule has 0 aliphatic heterocycles. The van der Waals surface area contributed by atoms with Gasteiger partial charge in [-0.2, -0.15) is 0 Å². The maximum absolute atomic E-state index is 4.79. The van der Waals surface area contributed by atoms with Crippen LogP contribution in [0.25, 0.3) is 82.9 Å². The van der Waals surface area contributed by atoms with Crippen LogP contribution in [-0.2, 0) is 0 Å². The summed E-state index contributed by atoms with van der Waals surface area (Å²) in [4.78, 5) is 4.79. The Morgan fingerprint density at radius 3 is 1.53 bits per heavy atom. The van der Waals surface area contributed by atoms with Crippen LogP contribution in [0.2, 0.25) is 0 Å². The fraction of sp³-hybridized carbons (Fsp3) is 0. The standard InChI is InChI=1S/C45H30N2/c1-2-12-31(13-3-1)37-28-38(30-39(29-37)47-43-22-8-6-20-41(43)42-21-7-9-23-44(42)47)35-17-10-15-33(26-35)34-16-11-18-36(27-34)45-40-19-5-4-14-32(40)24-25-46-45/h1-30H. The summed E-state index contributed by atoms with van der Waals surface area (Å²) in [5.41, 5.74) is 12.8. The molecule has 7 aromatic carbocycles. The van der Waals surface area contributed by atoms with Gasteiger partial charge >= 0.3 is 0 Å². The fourth-order valence-corrected chi connectivity index (χ4v) is 6.98. The minimum atomic E-state index is 1.01. The minimum absolute atomic E-state index is 1.01. The van der Waals surface area contributed by atoms with Gasteiger partial charge in [0.1, 0.15) is 0 Å². The Morgan fingerprint density at radius 1 is 0.340 bits per heavy atom. The van der Waals surface area contributed by atoms with E-state index in [0.717, 1.165) is 22.3 Å². The Balaban J connectivity index is 1.21. The number of fused-ring (bicyclic) bond motifs is 4. The first-order valence-corrected chi connectivity index (χ1v) is 16.0. The van der Waals surface area contributed by atoms with Crippen molar-refractivity contribution in [2.45, 2.75) is 0 Å². The first-order chi connectivity index (χ1) is 23.3. The monoisotopic (exact) mass is 598 g/mol. The van der Waals surface area contributed by atoms with Crippen molar-refractivity contribution >= 4 is 32.6 Å². The van der Waals surface area contributed by atoms with Crippen LogP contribution in [0.3, 0.4) is 0 Å². The molecule has 0 bridgehead atoms. The molecule has 0 saturated heterocycles. The van der Waals surface area contributed by atoms with E-state index in [0.29, 0.717) is 0 Å². The molecule has 0 amide bonds. The lowest BCUT2D eigenvalue weighted by molar-refractivity contribution is 1.18. The first kappa shape index (κ1) is 27.1. The second-order valence-corrected chi connectivity index (χ2v) is 12.0. The Hall–Kier alpha value is -6.25. The summed E-state index contributed by atoms with van der Waals surface area (Å²) in [6.45, 7) is 0. The zero-order valence-electron chi connectivity index (χ0n) is 25.7. The molecule has 47 heavy (non-hydrogen) atoms. The summed E-state index contributed by atoms with van der Waals surface area (Å²) < 4.78 is 2.41. The van der Waals surface area contributed by atoms with E-state index in [9.17, 15) is 0 Å². The van der Waals surface area contributed by atoms with Gasteiger partial charge in [-0.15, -0.1) is 0 Å². The molecule has 0 fully saturated rings. The third-order valence-electron chi connectivity index (χ3n) is 9.20. The number of para-hydroxylation sites is 2. The molecule has 2 heterocycles. The molecule has 0 spiro atoms. The number of nitrogens with zero attached hydrogens (tertiary/aromatic N) is 2. The molecule has 2 heteroatoms. The van der Waals surface area contributed by atoms with Crippen LogP contribution < -0.4 is 0 Å². The van der Waals surface area contributed by atoms with Gasteiger partial charge in [-0.1, -0.05) is 127 Å². The van der Waals surface area contributed by atoms with E-state index in [1.54, 1.807) is 0 Å². The summed E-state index contributed by atoms with van der Waals surface area (Å²) in [7, 11) is 0. The molecule has 0 aliphatic carbocycles. The third-order valence-corrected chi connectivity index (χ3v) is 9.20. The molecule has 9 rings (SSSR count). The SMILES string of the molecule is c1ccc(-c2cc(-c3cccc(-c4cccc(-c5nccc6ccccc56)c4)c3)cc(-n3c4ccccc4c4ccccc43)c2)cc1. The van der Waals surface area contributed by atoms with Crippen molar-refractivity contribution < 1.29 is 0 Å². The maximum atomic E-state index is 4.79. The van der Waals surface area contributed by atoms with Crippen molar-refractivity contribution in [3.63, 3.8) is 0 Å². The highest BCUT2D eigenvalue weighted by Crippen LogP contribution is 2.37. The molecule has 0 atom stereocenters. The molecule has 0 aliphatic rings. The summed E-state index contributed by atoms with van der Waals surface area (Å²) in [5, 5.41) is 4.88. The lowest BCUT2D eigenvalue weighted by Crippen LogP contribution is -1.96. The first-order valence-electron chi connectivity index (χ1n) is 16.0. The van der Waals surface area contributed by atoms with Crippen LogP contribution in [0, 0.1) is 0 Å². The van der Waals surface area contributed by atoms with Crippen LogP contribution in [-0.4, -0.2) is 9.55 Å². The van der Waals surface area contributed by atoms with Crippen molar-refractivity contribution in [3.8, 4) is 50.3 Å². The predicted octanol–water partition coefficient (Wildman–Crippen LogP) is 12.0. The van der Waals surface area contributed by atoms with Gasteiger partial charge in [0.15, 0.2) is 0 Å². The van der Waals surface area contributed by atoms with E-state index >= 15 is 0 Å². The number of hydrogen-bond acceptors (Lipinski definition) is 1. The minimum Gasteiger partial charge on any atom is -0.309 e. The number of pyridine rings is 1. The molecule has 9 aromatic rings. The fourth-order valence-electron chi connectivity index (χ4n) is 6.98. The molecule has 2 aromatic heterocycles. The molecule has 2 nitrogen and oxygen atoms in total. The maximum Gasteiger partial charge on any atom is 0.0780 e. The van der Waals surface area contributed by atoms with Gasteiger partial charge in [-0.25, -0.2) is 0 Å². The van der Waals surface area contributed by atoms with Gasteiger partial charge < -0.3 is 4.57 Å². The average Bonchev–Trinajstić information content (AvgIpc) is 3.49. The van der Waals surface area contributed by atoms with Crippen molar-refractivity contribution in [2.24, 2.45) is 0 Å². The highest BCUT2D eigenvalue weighted by Gasteiger charge is 2.15. The van der Waals surface area contributed by atoms with Gasteiger partial charge in [-0.3, -0.25) is 4.98 Å². The molecular weight excluding hydrogens is 569 g/mol. The number of benzene rings is 7. The van der Waals surface area contributed by atoms with E-state index in [1.807, 2.05) is 6.20 Å². The smallest absolute Gasteiger partial charge is 0.0780 e. The molecule has 0 radical (unpaired) electrons. The number of aromatic nitrogens is 2. The average molecular weight is 599 g/mol. The van der Waals surface area contributed by atoms with Gasteiger partial charge in [0, 0.05) is 33.6 Å². The second-order valence-electron chi connectivity index (χ2n) is 12.0. The predicted molar refractivity (Wildman–Crippen MR) is 198 cm³/mol. The van der Waals surface area contributed by atoms with E-state index in [1.165, 1.54) is 60.6 Å². The Labute approximate surface area is 273 Å². The molecule has 0 N–H and O–H groups in total. The third kappa shape index (κ3) is 4.79. The topological polar surface area (TPSA) is 17.8 Å². The lowest BCUT2D eigenvalue weighted by Gasteiger charge is -2.15. The van der Waals surface area contributed by atoms with E-state index in [-0.39, 0.29) is 0 Å². The van der Waals surface area contributed by atoms with Gasteiger partial charge in [0.2, 0.25) is 0 Å².